The lowest BCUT2D eigenvalue weighted by Gasteiger charge is -2.23. The summed E-state index contributed by atoms with van der Waals surface area (Å²) in [6.45, 7) is 0. The molecule has 0 heterocycles. The second-order valence-electron chi connectivity index (χ2n) is 4.35. The van der Waals surface area contributed by atoms with Crippen molar-refractivity contribution in [3.8, 4) is 5.75 Å². The summed E-state index contributed by atoms with van der Waals surface area (Å²) in [6.07, 6.45) is 3.45. The summed E-state index contributed by atoms with van der Waals surface area (Å²) >= 11 is 0. The zero-order valence-electron chi connectivity index (χ0n) is 7.92. The highest BCUT2D eigenvalue weighted by Gasteiger charge is 2.52. The maximum atomic E-state index is 11.8. The van der Waals surface area contributed by atoms with Crippen molar-refractivity contribution in [1.82, 2.24) is 0 Å². The number of phenols is 1. The molecule has 0 unspecified atom stereocenters. The minimum Gasteiger partial charge on any atom is -0.508 e. The number of benzene rings is 1. The molecule has 2 heteroatoms. The number of aromatic hydroxyl groups is 1. The molecule has 0 atom stereocenters. The van der Waals surface area contributed by atoms with Crippen LogP contribution in [0.3, 0.4) is 0 Å². The highest BCUT2D eigenvalue weighted by Crippen LogP contribution is 2.53. The summed E-state index contributed by atoms with van der Waals surface area (Å²) in [6, 6.07) is 5.42. The molecule has 2 aliphatic carbocycles. The topological polar surface area (TPSA) is 37.3 Å². The predicted molar refractivity (Wildman–Crippen MR) is 52.3 cm³/mol. The van der Waals surface area contributed by atoms with Crippen LogP contribution in [0.5, 0.6) is 5.75 Å². The Kier molecular flexibility index (Phi) is 1.37. The number of hydrogen-bond donors (Lipinski definition) is 1. The van der Waals surface area contributed by atoms with E-state index in [2.05, 4.69) is 0 Å². The zero-order chi connectivity index (χ0) is 9.76. The fourth-order valence-corrected chi connectivity index (χ4v) is 2.56. The first-order valence-corrected chi connectivity index (χ1v) is 5.08. The molecular formula is C12H12O2. The van der Waals surface area contributed by atoms with E-state index in [0.29, 0.717) is 18.0 Å². The van der Waals surface area contributed by atoms with Gasteiger partial charge in [0.25, 0.3) is 0 Å². The summed E-state index contributed by atoms with van der Waals surface area (Å²) in [5, 5.41) is 9.36. The molecule has 1 N–H and O–H groups in total. The lowest BCUT2D eigenvalue weighted by atomic mass is 9.79. The molecule has 1 spiro atoms. The monoisotopic (exact) mass is 188 g/mol. The summed E-state index contributed by atoms with van der Waals surface area (Å²) in [7, 11) is 0. The molecule has 1 saturated carbocycles. The van der Waals surface area contributed by atoms with E-state index < -0.39 is 0 Å². The number of hydrogen-bond acceptors (Lipinski definition) is 2. The minimum atomic E-state index is -0.138. The van der Waals surface area contributed by atoms with Gasteiger partial charge in [-0.15, -0.1) is 0 Å². The average molecular weight is 188 g/mol. The number of carbonyl (C=O) groups is 1. The van der Waals surface area contributed by atoms with Gasteiger partial charge in [0.15, 0.2) is 0 Å². The molecular weight excluding hydrogens is 176 g/mol. The normalized spacial score (nSPS) is 22.1. The quantitative estimate of drug-likeness (QED) is 0.675. The Morgan fingerprint density at radius 2 is 2.00 bits per heavy atom. The van der Waals surface area contributed by atoms with Gasteiger partial charge in [0.2, 0.25) is 0 Å². The van der Waals surface area contributed by atoms with E-state index in [0.717, 1.165) is 19.3 Å². The number of rotatable bonds is 0. The SMILES string of the molecule is O=C1CCc2cc(O)ccc2C12CC2. The number of aryl methyl sites for hydroxylation is 1. The fraction of sp³-hybridized carbons (Fsp3) is 0.417. The molecule has 72 valence electrons. The van der Waals surface area contributed by atoms with E-state index in [1.54, 1.807) is 6.07 Å². The first-order valence-electron chi connectivity index (χ1n) is 5.08. The van der Waals surface area contributed by atoms with Gasteiger partial charge in [-0.05, 0) is 42.5 Å². The summed E-state index contributed by atoms with van der Waals surface area (Å²) < 4.78 is 0. The summed E-state index contributed by atoms with van der Waals surface area (Å²) in [5.74, 6) is 0.713. The van der Waals surface area contributed by atoms with Crippen LogP contribution in [0.25, 0.3) is 0 Å². The van der Waals surface area contributed by atoms with Crippen LogP contribution in [0.1, 0.15) is 30.4 Å². The molecule has 3 rings (SSSR count). The average Bonchev–Trinajstić information content (AvgIpc) is 2.94. The zero-order valence-corrected chi connectivity index (χ0v) is 7.92. The standard InChI is InChI=1S/C12H12O2/c13-9-2-3-10-8(7-9)1-4-11(14)12(10)5-6-12/h2-3,7,13H,1,4-6H2. The van der Waals surface area contributed by atoms with Crippen LogP contribution in [0.4, 0.5) is 0 Å². The fourth-order valence-electron chi connectivity index (χ4n) is 2.56. The van der Waals surface area contributed by atoms with Gasteiger partial charge in [-0.25, -0.2) is 0 Å². The highest BCUT2D eigenvalue weighted by atomic mass is 16.3. The van der Waals surface area contributed by atoms with Gasteiger partial charge in [0.05, 0.1) is 5.41 Å². The van der Waals surface area contributed by atoms with Gasteiger partial charge in [0.1, 0.15) is 11.5 Å². The highest BCUT2D eigenvalue weighted by molar-refractivity contribution is 5.95. The molecule has 0 radical (unpaired) electrons. The number of ketones is 1. The molecule has 14 heavy (non-hydrogen) atoms. The van der Waals surface area contributed by atoms with Crippen molar-refractivity contribution in [2.45, 2.75) is 31.1 Å². The third-order valence-corrected chi connectivity index (χ3v) is 3.51. The second-order valence-corrected chi connectivity index (χ2v) is 4.35. The van der Waals surface area contributed by atoms with Crippen LogP contribution in [0.15, 0.2) is 18.2 Å². The molecule has 0 saturated heterocycles. The van der Waals surface area contributed by atoms with Crippen LogP contribution in [-0.2, 0) is 16.6 Å². The van der Waals surface area contributed by atoms with Gasteiger partial charge in [-0.3, -0.25) is 4.79 Å². The van der Waals surface area contributed by atoms with Crippen molar-refractivity contribution in [3.63, 3.8) is 0 Å². The van der Waals surface area contributed by atoms with Crippen molar-refractivity contribution in [2.24, 2.45) is 0 Å². The van der Waals surface area contributed by atoms with Gasteiger partial charge in [-0.2, -0.15) is 0 Å². The molecule has 1 aromatic rings. The lowest BCUT2D eigenvalue weighted by Crippen LogP contribution is -2.26. The maximum absolute atomic E-state index is 11.8. The Balaban J connectivity index is 2.18. The number of fused-ring (bicyclic) bond motifs is 2. The van der Waals surface area contributed by atoms with Crippen molar-refractivity contribution in [3.05, 3.63) is 29.3 Å². The molecule has 0 aromatic heterocycles. The summed E-state index contributed by atoms with van der Waals surface area (Å²) in [5.41, 5.74) is 2.20. The van der Waals surface area contributed by atoms with Crippen molar-refractivity contribution in [2.75, 3.05) is 0 Å². The number of carbonyl (C=O) groups excluding carboxylic acids is 1. The predicted octanol–water partition coefficient (Wildman–Crippen LogP) is 1.94. The van der Waals surface area contributed by atoms with E-state index in [9.17, 15) is 9.90 Å². The Morgan fingerprint density at radius 1 is 1.21 bits per heavy atom. The van der Waals surface area contributed by atoms with Crippen molar-refractivity contribution in [1.29, 1.82) is 0 Å². The molecule has 0 aliphatic heterocycles. The van der Waals surface area contributed by atoms with Gasteiger partial charge in [0, 0.05) is 6.42 Å². The van der Waals surface area contributed by atoms with E-state index in [-0.39, 0.29) is 5.41 Å². The van der Waals surface area contributed by atoms with Crippen LogP contribution >= 0.6 is 0 Å². The number of phenolic OH excluding ortho intramolecular Hbond substituents is 1. The summed E-state index contributed by atoms with van der Waals surface area (Å²) in [4.78, 5) is 11.8. The van der Waals surface area contributed by atoms with Crippen molar-refractivity contribution >= 4 is 5.78 Å². The van der Waals surface area contributed by atoms with E-state index in [1.807, 2.05) is 12.1 Å². The molecule has 0 amide bonds. The number of Topliss-reactive ketones (excluding diaryl/α,β-unsaturated/α-hetero) is 1. The molecule has 2 nitrogen and oxygen atoms in total. The largest absolute Gasteiger partial charge is 0.508 e. The minimum absolute atomic E-state index is 0.138. The Labute approximate surface area is 82.6 Å². The molecule has 0 bridgehead atoms. The van der Waals surface area contributed by atoms with Crippen LogP contribution < -0.4 is 0 Å². The van der Waals surface area contributed by atoms with Gasteiger partial charge >= 0.3 is 0 Å². The Hall–Kier alpha value is -1.31. The molecule has 2 aliphatic rings. The Morgan fingerprint density at radius 3 is 2.71 bits per heavy atom. The van der Waals surface area contributed by atoms with E-state index in [1.165, 1.54) is 11.1 Å². The maximum Gasteiger partial charge on any atom is 0.143 e. The first kappa shape index (κ1) is 8.04. The van der Waals surface area contributed by atoms with E-state index in [4.69, 9.17) is 0 Å². The second kappa shape index (κ2) is 2.38. The third-order valence-electron chi connectivity index (χ3n) is 3.51. The van der Waals surface area contributed by atoms with Crippen LogP contribution in [0, 0.1) is 0 Å². The smallest absolute Gasteiger partial charge is 0.143 e. The van der Waals surface area contributed by atoms with Crippen LogP contribution in [0.2, 0.25) is 0 Å². The van der Waals surface area contributed by atoms with Gasteiger partial charge in [-0.1, -0.05) is 6.07 Å². The molecule has 1 fully saturated rings. The lowest BCUT2D eigenvalue weighted by molar-refractivity contribution is -0.121. The third kappa shape index (κ3) is 0.884. The van der Waals surface area contributed by atoms with Gasteiger partial charge < -0.3 is 5.11 Å². The van der Waals surface area contributed by atoms with Crippen LogP contribution in [-0.4, -0.2) is 10.9 Å². The first-order chi connectivity index (χ1) is 6.72. The Bertz CT molecular complexity index is 416. The van der Waals surface area contributed by atoms with E-state index >= 15 is 0 Å². The van der Waals surface area contributed by atoms with Crippen molar-refractivity contribution < 1.29 is 9.90 Å². The molecule has 1 aromatic carbocycles.